The molecule has 0 aromatic carbocycles. The van der Waals surface area contributed by atoms with E-state index in [1.165, 1.54) is 0 Å². The van der Waals surface area contributed by atoms with E-state index in [0.29, 0.717) is 19.4 Å². The first kappa shape index (κ1) is 14.7. The molecular weight excluding hydrogens is 260 g/mol. The van der Waals surface area contributed by atoms with E-state index in [9.17, 15) is 9.59 Å². The Morgan fingerprint density at radius 3 is 3.00 bits per heavy atom. The SMILES string of the molecule is CCOC(=O)C1(CCc2cnn(C)c2)COCCC1=O. The van der Waals surface area contributed by atoms with Crippen LogP contribution in [-0.2, 0) is 32.5 Å². The fourth-order valence-electron chi connectivity index (χ4n) is 2.45. The van der Waals surface area contributed by atoms with Gasteiger partial charge in [0.15, 0.2) is 5.78 Å². The number of Topliss-reactive ketones (excluding diaryl/α,β-unsaturated/α-hetero) is 1. The van der Waals surface area contributed by atoms with Crippen LogP contribution >= 0.6 is 0 Å². The average molecular weight is 280 g/mol. The van der Waals surface area contributed by atoms with Crippen molar-refractivity contribution in [3.8, 4) is 0 Å². The van der Waals surface area contributed by atoms with Gasteiger partial charge < -0.3 is 9.47 Å². The highest BCUT2D eigenvalue weighted by Gasteiger charge is 2.48. The Hall–Kier alpha value is -1.69. The van der Waals surface area contributed by atoms with Crippen LogP contribution in [0.25, 0.3) is 0 Å². The maximum Gasteiger partial charge on any atom is 0.322 e. The molecule has 6 nitrogen and oxygen atoms in total. The van der Waals surface area contributed by atoms with Gasteiger partial charge >= 0.3 is 5.97 Å². The van der Waals surface area contributed by atoms with E-state index in [1.807, 2.05) is 13.2 Å². The molecule has 0 aliphatic carbocycles. The summed E-state index contributed by atoms with van der Waals surface area (Å²) < 4.78 is 12.2. The van der Waals surface area contributed by atoms with E-state index in [0.717, 1.165) is 5.56 Å². The number of nitrogens with zero attached hydrogens (tertiary/aromatic N) is 2. The van der Waals surface area contributed by atoms with Crippen molar-refractivity contribution in [1.82, 2.24) is 9.78 Å². The summed E-state index contributed by atoms with van der Waals surface area (Å²) in [5, 5.41) is 4.09. The molecule has 1 aliphatic rings. The topological polar surface area (TPSA) is 70.4 Å². The minimum atomic E-state index is -1.15. The summed E-state index contributed by atoms with van der Waals surface area (Å²) in [7, 11) is 1.83. The summed E-state index contributed by atoms with van der Waals surface area (Å²) in [6.07, 6.45) is 4.89. The molecule has 110 valence electrons. The van der Waals surface area contributed by atoms with Gasteiger partial charge in [-0.2, -0.15) is 5.10 Å². The van der Waals surface area contributed by atoms with Crippen LogP contribution in [0.15, 0.2) is 12.4 Å². The lowest BCUT2D eigenvalue weighted by atomic mass is 9.76. The molecule has 0 bridgehead atoms. The normalized spacial score (nSPS) is 22.8. The Morgan fingerprint density at radius 2 is 2.40 bits per heavy atom. The van der Waals surface area contributed by atoms with Gasteiger partial charge in [0.05, 0.1) is 26.0 Å². The van der Waals surface area contributed by atoms with Crippen LogP contribution in [0.5, 0.6) is 0 Å². The molecule has 0 radical (unpaired) electrons. The van der Waals surface area contributed by atoms with Crippen LogP contribution in [0.4, 0.5) is 0 Å². The van der Waals surface area contributed by atoms with Crippen LogP contribution in [0, 0.1) is 5.41 Å². The summed E-state index contributed by atoms with van der Waals surface area (Å²) >= 11 is 0. The van der Waals surface area contributed by atoms with Crippen molar-refractivity contribution in [1.29, 1.82) is 0 Å². The third-order valence-corrected chi connectivity index (χ3v) is 3.62. The van der Waals surface area contributed by atoms with Gasteiger partial charge in [0, 0.05) is 19.7 Å². The fourth-order valence-corrected chi connectivity index (χ4v) is 2.45. The molecular formula is C14H20N2O4. The quantitative estimate of drug-likeness (QED) is 0.592. The van der Waals surface area contributed by atoms with Gasteiger partial charge in [-0.15, -0.1) is 0 Å². The Morgan fingerprint density at radius 1 is 1.60 bits per heavy atom. The number of esters is 1. The Kier molecular flexibility index (Phi) is 4.54. The Labute approximate surface area is 118 Å². The highest BCUT2D eigenvalue weighted by atomic mass is 16.5. The fraction of sp³-hybridized carbons (Fsp3) is 0.643. The van der Waals surface area contributed by atoms with Crippen LogP contribution in [0.3, 0.4) is 0 Å². The van der Waals surface area contributed by atoms with Crippen molar-refractivity contribution >= 4 is 11.8 Å². The molecule has 6 heteroatoms. The number of aryl methyl sites for hydroxylation is 2. The molecule has 1 fully saturated rings. The van der Waals surface area contributed by atoms with Crippen molar-refractivity contribution in [2.45, 2.75) is 26.2 Å². The van der Waals surface area contributed by atoms with Crippen molar-refractivity contribution in [2.75, 3.05) is 19.8 Å². The molecule has 20 heavy (non-hydrogen) atoms. The zero-order valence-electron chi connectivity index (χ0n) is 11.9. The number of carbonyl (C=O) groups is 2. The second-order valence-corrected chi connectivity index (χ2v) is 5.05. The number of carbonyl (C=O) groups excluding carboxylic acids is 2. The summed E-state index contributed by atoms with van der Waals surface area (Å²) in [5.74, 6) is -0.542. The maximum atomic E-state index is 12.3. The Balaban J connectivity index is 2.13. The van der Waals surface area contributed by atoms with Gasteiger partial charge in [0.1, 0.15) is 5.41 Å². The lowest BCUT2D eigenvalue weighted by Crippen LogP contribution is -2.48. The standard InChI is InChI=1S/C14H20N2O4/c1-3-20-13(18)14(10-19-7-5-12(14)17)6-4-11-8-15-16(2)9-11/h8-9H,3-7,10H2,1-2H3. The largest absolute Gasteiger partial charge is 0.465 e. The highest BCUT2D eigenvalue weighted by molar-refractivity contribution is 6.04. The second-order valence-electron chi connectivity index (χ2n) is 5.05. The first-order chi connectivity index (χ1) is 9.58. The molecule has 1 saturated heterocycles. The van der Waals surface area contributed by atoms with Crippen LogP contribution in [0.1, 0.15) is 25.3 Å². The number of rotatable bonds is 5. The molecule has 2 heterocycles. The summed E-state index contributed by atoms with van der Waals surface area (Å²) in [5.41, 5.74) is -0.154. The van der Waals surface area contributed by atoms with Crippen molar-refractivity contribution in [3.05, 3.63) is 18.0 Å². The first-order valence-electron chi connectivity index (χ1n) is 6.84. The lowest BCUT2D eigenvalue weighted by molar-refractivity contribution is -0.169. The van der Waals surface area contributed by atoms with E-state index in [1.54, 1.807) is 17.8 Å². The Bertz CT molecular complexity index is 497. The van der Waals surface area contributed by atoms with Gasteiger partial charge in [0.2, 0.25) is 0 Å². The minimum absolute atomic E-state index is 0.0777. The number of aromatic nitrogens is 2. The number of ether oxygens (including phenoxy) is 2. The van der Waals surface area contributed by atoms with E-state index >= 15 is 0 Å². The van der Waals surface area contributed by atoms with E-state index in [-0.39, 0.29) is 25.4 Å². The van der Waals surface area contributed by atoms with Crippen molar-refractivity contribution < 1.29 is 19.1 Å². The molecule has 1 aromatic heterocycles. The number of hydrogen-bond acceptors (Lipinski definition) is 5. The predicted molar refractivity (Wildman–Crippen MR) is 71.0 cm³/mol. The minimum Gasteiger partial charge on any atom is -0.465 e. The van der Waals surface area contributed by atoms with Crippen molar-refractivity contribution in [2.24, 2.45) is 12.5 Å². The molecule has 0 saturated carbocycles. The summed E-state index contributed by atoms with van der Waals surface area (Å²) in [6.45, 7) is 2.50. The van der Waals surface area contributed by atoms with E-state index < -0.39 is 11.4 Å². The smallest absolute Gasteiger partial charge is 0.322 e. The van der Waals surface area contributed by atoms with Gasteiger partial charge in [-0.05, 0) is 25.3 Å². The second kappa shape index (κ2) is 6.17. The highest BCUT2D eigenvalue weighted by Crippen LogP contribution is 2.32. The molecule has 1 aliphatic heterocycles. The third kappa shape index (κ3) is 2.90. The number of hydrogen-bond donors (Lipinski definition) is 0. The van der Waals surface area contributed by atoms with Gasteiger partial charge in [0.25, 0.3) is 0 Å². The van der Waals surface area contributed by atoms with Gasteiger partial charge in [-0.3, -0.25) is 14.3 Å². The van der Waals surface area contributed by atoms with Crippen molar-refractivity contribution in [3.63, 3.8) is 0 Å². The third-order valence-electron chi connectivity index (χ3n) is 3.62. The van der Waals surface area contributed by atoms with Crippen LogP contribution in [0.2, 0.25) is 0 Å². The monoisotopic (exact) mass is 280 g/mol. The van der Waals surface area contributed by atoms with Gasteiger partial charge in [-0.1, -0.05) is 0 Å². The summed E-state index contributed by atoms with van der Waals surface area (Å²) in [6, 6.07) is 0. The average Bonchev–Trinajstić information content (AvgIpc) is 2.84. The zero-order valence-corrected chi connectivity index (χ0v) is 11.9. The molecule has 0 spiro atoms. The predicted octanol–water partition coefficient (Wildman–Crippen LogP) is 0.892. The molecule has 0 N–H and O–H groups in total. The van der Waals surface area contributed by atoms with Crippen LogP contribution in [-0.4, -0.2) is 41.4 Å². The maximum absolute atomic E-state index is 12.3. The van der Waals surface area contributed by atoms with Crippen LogP contribution < -0.4 is 0 Å². The van der Waals surface area contributed by atoms with E-state index in [4.69, 9.17) is 9.47 Å². The number of ketones is 1. The molecule has 2 rings (SSSR count). The molecule has 1 atom stereocenters. The lowest BCUT2D eigenvalue weighted by Gasteiger charge is -2.33. The first-order valence-corrected chi connectivity index (χ1v) is 6.84. The van der Waals surface area contributed by atoms with E-state index in [2.05, 4.69) is 5.10 Å². The molecule has 0 amide bonds. The zero-order chi connectivity index (χ0) is 14.6. The molecule has 1 unspecified atom stereocenters. The molecule has 1 aromatic rings. The summed E-state index contributed by atoms with van der Waals surface area (Å²) in [4.78, 5) is 24.5. The van der Waals surface area contributed by atoms with Gasteiger partial charge in [-0.25, -0.2) is 0 Å².